The van der Waals surface area contributed by atoms with Gasteiger partial charge in [-0.25, -0.2) is 15.0 Å². The molecule has 0 unspecified atom stereocenters. The van der Waals surface area contributed by atoms with E-state index in [1.54, 1.807) is 50.2 Å². The van der Waals surface area contributed by atoms with Gasteiger partial charge in [0.1, 0.15) is 6.61 Å². The van der Waals surface area contributed by atoms with E-state index in [9.17, 15) is 14.4 Å². The highest BCUT2D eigenvalue weighted by Gasteiger charge is 2.32. The Morgan fingerprint density at radius 2 is 1.73 bits per heavy atom. The minimum Gasteiger partial charge on any atom is -0.493 e. The van der Waals surface area contributed by atoms with Crippen molar-refractivity contribution in [2.75, 3.05) is 20.3 Å². The van der Waals surface area contributed by atoms with Crippen molar-refractivity contribution in [1.82, 2.24) is 16.1 Å². The predicted molar refractivity (Wildman–Crippen MR) is 170 cm³/mol. The normalized spacial score (nSPS) is 14.4. The van der Waals surface area contributed by atoms with E-state index in [-0.39, 0.29) is 46.9 Å². The molecule has 4 rings (SSSR count). The van der Waals surface area contributed by atoms with Crippen LogP contribution in [0.1, 0.15) is 36.6 Å². The number of nitrogens with zero attached hydrogens (tertiary/aromatic N) is 1. The molecule has 1 atom stereocenters. The fourth-order valence-electron chi connectivity index (χ4n) is 4.32. The lowest BCUT2D eigenvalue weighted by atomic mass is 9.95. The first kappa shape index (κ1) is 33.4. The Kier molecular flexibility index (Phi) is 11.5. The molecule has 11 nitrogen and oxygen atoms in total. The molecule has 14 heteroatoms. The van der Waals surface area contributed by atoms with Crippen LogP contribution in [0, 0.1) is 0 Å². The molecule has 1 aliphatic rings. The number of carbonyl (C=O) groups is 3. The van der Waals surface area contributed by atoms with Crippen molar-refractivity contribution in [3.63, 3.8) is 0 Å². The molecule has 45 heavy (non-hydrogen) atoms. The van der Waals surface area contributed by atoms with Crippen LogP contribution < -0.4 is 30.3 Å². The standard InChI is InChI=1S/C31H29Cl3N4O7/c1-4-43-30(40)27-17(2)36-31(41)37-28(27)19-9-10-24(25(13-19)42-3)44-16-26(39)38-35-14-18-11-22(33)29(23(34)12-18)45-15-20-7-5-6-8-21(20)32/h5-14,28H,4,15-16H2,1-3H3,(H,38,39)(H2,36,37,41)/b35-14-/t28-/m1/s1. The summed E-state index contributed by atoms with van der Waals surface area (Å²) >= 11 is 18.9. The zero-order valence-corrected chi connectivity index (χ0v) is 26.7. The molecule has 0 fully saturated rings. The number of ether oxygens (including phenoxy) is 4. The number of amides is 3. The fraction of sp³-hybridized carbons (Fsp3) is 0.226. The minimum atomic E-state index is -0.789. The van der Waals surface area contributed by atoms with Gasteiger partial charge < -0.3 is 29.6 Å². The largest absolute Gasteiger partial charge is 0.493 e. The minimum absolute atomic E-state index is 0.173. The molecular weight excluding hydrogens is 647 g/mol. The van der Waals surface area contributed by atoms with E-state index in [1.165, 1.54) is 13.3 Å². The van der Waals surface area contributed by atoms with E-state index < -0.39 is 23.9 Å². The summed E-state index contributed by atoms with van der Waals surface area (Å²) in [7, 11) is 1.42. The number of nitrogens with one attached hydrogen (secondary N) is 3. The maximum absolute atomic E-state index is 12.6. The molecule has 3 aromatic carbocycles. The van der Waals surface area contributed by atoms with Crippen LogP contribution in [-0.4, -0.2) is 44.4 Å². The Labute approximate surface area is 274 Å². The van der Waals surface area contributed by atoms with Crippen LogP contribution >= 0.6 is 34.8 Å². The van der Waals surface area contributed by atoms with Gasteiger partial charge >= 0.3 is 12.0 Å². The summed E-state index contributed by atoms with van der Waals surface area (Å²) in [5.41, 5.74) is 4.84. The summed E-state index contributed by atoms with van der Waals surface area (Å²) < 4.78 is 22.0. The van der Waals surface area contributed by atoms with Crippen molar-refractivity contribution in [1.29, 1.82) is 0 Å². The number of methoxy groups -OCH3 is 1. The average Bonchev–Trinajstić information content (AvgIpc) is 3.00. The smallest absolute Gasteiger partial charge is 0.338 e. The van der Waals surface area contributed by atoms with Crippen molar-refractivity contribution < 1.29 is 33.3 Å². The number of esters is 1. The molecule has 0 radical (unpaired) electrons. The van der Waals surface area contributed by atoms with Crippen LogP contribution in [0.15, 0.2) is 71.0 Å². The second-order valence-corrected chi connectivity index (χ2v) is 10.7. The highest BCUT2D eigenvalue weighted by molar-refractivity contribution is 6.37. The number of allylic oxidation sites excluding steroid dienone is 1. The lowest BCUT2D eigenvalue weighted by Gasteiger charge is -2.28. The first-order valence-corrected chi connectivity index (χ1v) is 14.7. The number of hydrogen-bond donors (Lipinski definition) is 3. The summed E-state index contributed by atoms with van der Waals surface area (Å²) in [5.74, 6) is -0.295. The SMILES string of the molecule is CCOC(=O)C1=C(C)NC(=O)N[C@@H]1c1ccc(OCC(=O)N/N=C\c2cc(Cl)c(OCc3ccccc3Cl)c(Cl)c2)c(OC)c1. The van der Waals surface area contributed by atoms with Crippen molar-refractivity contribution in [2.45, 2.75) is 26.5 Å². The molecule has 3 aromatic rings. The predicted octanol–water partition coefficient (Wildman–Crippen LogP) is 5.95. The Balaban J connectivity index is 1.36. The molecule has 0 saturated heterocycles. The zero-order chi connectivity index (χ0) is 32.5. The van der Waals surface area contributed by atoms with Gasteiger partial charge in [-0.15, -0.1) is 0 Å². The van der Waals surface area contributed by atoms with Crippen molar-refractivity contribution >= 4 is 58.9 Å². The Bertz CT molecular complexity index is 1640. The number of urea groups is 1. The van der Waals surface area contributed by atoms with Gasteiger partial charge in [-0.1, -0.05) is 59.1 Å². The van der Waals surface area contributed by atoms with Crippen molar-refractivity contribution in [3.8, 4) is 17.2 Å². The number of rotatable bonds is 12. The highest BCUT2D eigenvalue weighted by atomic mass is 35.5. The van der Waals surface area contributed by atoms with Crippen LogP contribution in [-0.2, 0) is 20.9 Å². The molecule has 0 aliphatic carbocycles. The highest BCUT2D eigenvalue weighted by Crippen LogP contribution is 2.36. The van der Waals surface area contributed by atoms with Crippen molar-refractivity contribution in [3.05, 3.63) is 97.6 Å². The molecule has 3 N–H and O–H groups in total. The molecule has 236 valence electrons. The number of carbonyl (C=O) groups excluding carboxylic acids is 3. The third-order valence-electron chi connectivity index (χ3n) is 6.40. The van der Waals surface area contributed by atoms with Gasteiger partial charge in [-0.05, 0) is 55.3 Å². The lowest BCUT2D eigenvalue weighted by molar-refractivity contribution is -0.139. The van der Waals surface area contributed by atoms with Gasteiger partial charge in [0.2, 0.25) is 0 Å². The van der Waals surface area contributed by atoms with E-state index in [2.05, 4.69) is 21.2 Å². The summed E-state index contributed by atoms with van der Waals surface area (Å²) in [6, 6.07) is 14.0. The summed E-state index contributed by atoms with van der Waals surface area (Å²) in [4.78, 5) is 37.2. The summed E-state index contributed by atoms with van der Waals surface area (Å²) in [5, 5.41) is 10.3. The van der Waals surface area contributed by atoms with E-state index in [0.29, 0.717) is 27.6 Å². The van der Waals surface area contributed by atoms with Gasteiger partial charge in [0.15, 0.2) is 23.9 Å². The average molecular weight is 676 g/mol. The quantitative estimate of drug-likeness (QED) is 0.123. The third kappa shape index (κ3) is 8.59. The van der Waals surface area contributed by atoms with Crippen LogP contribution in [0.3, 0.4) is 0 Å². The number of hydrogen-bond acceptors (Lipinski definition) is 8. The van der Waals surface area contributed by atoms with E-state index in [0.717, 1.165) is 5.56 Å². The van der Waals surface area contributed by atoms with Gasteiger partial charge in [-0.3, -0.25) is 4.79 Å². The van der Waals surface area contributed by atoms with Gasteiger partial charge in [0, 0.05) is 16.3 Å². The van der Waals surface area contributed by atoms with Crippen LogP contribution in [0.4, 0.5) is 4.79 Å². The van der Waals surface area contributed by atoms with Crippen LogP contribution in [0.5, 0.6) is 17.2 Å². The fourth-order valence-corrected chi connectivity index (χ4v) is 5.12. The lowest BCUT2D eigenvalue weighted by Crippen LogP contribution is -2.45. The summed E-state index contributed by atoms with van der Waals surface area (Å²) in [6.07, 6.45) is 1.37. The number of benzene rings is 3. The molecular formula is C31H29Cl3N4O7. The number of hydrazone groups is 1. The molecule has 1 heterocycles. The second-order valence-electron chi connectivity index (χ2n) is 9.48. The maximum atomic E-state index is 12.6. The molecule has 0 aromatic heterocycles. The molecule has 3 amide bonds. The maximum Gasteiger partial charge on any atom is 0.338 e. The first-order chi connectivity index (χ1) is 21.6. The first-order valence-electron chi connectivity index (χ1n) is 13.5. The van der Waals surface area contributed by atoms with Gasteiger partial charge in [0.05, 0.1) is 41.6 Å². The Morgan fingerprint density at radius 1 is 1.00 bits per heavy atom. The van der Waals surface area contributed by atoms with E-state index >= 15 is 0 Å². The molecule has 0 saturated carbocycles. The second kappa shape index (κ2) is 15.5. The van der Waals surface area contributed by atoms with Gasteiger partial charge in [0.25, 0.3) is 5.91 Å². The molecule has 1 aliphatic heterocycles. The van der Waals surface area contributed by atoms with Crippen LogP contribution in [0.2, 0.25) is 15.1 Å². The Morgan fingerprint density at radius 3 is 2.42 bits per heavy atom. The topological polar surface area (TPSA) is 137 Å². The Hall–Kier alpha value is -4.45. The van der Waals surface area contributed by atoms with Gasteiger partial charge in [-0.2, -0.15) is 5.10 Å². The summed E-state index contributed by atoms with van der Waals surface area (Å²) in [6.45, 7) is 3.27. The zero-order valence-electron chi connectivity index (χ0n) is 24.4. The monoisotopic (exact) mass is 674 g/mol. The molecule has 0 spiro atoms. The van der Waals surface area contributed by atoms with Crippen LogP contribution in [0.25, 0.3) is 0 Å². The number of halogens is 3. The third-order valence-corrected chi connectivity index (χ3v) is 7.33. The van der Waals surface area contributed by atoms with E-state index in [1.807, 2.05) is 18.2 Å². The van der Waals surface area contributed by atoms with Crippen molar-refractivity contribution in [2.24, 2.45) is 5.10 Å². The van der Waals surface area contributed by atoms with E-state index in [4.69, 9.17) is 53.8 Å². The molecule has 0 bridgehead atoms.